The molecule has 3 N–H and O–H groups in total. The summed E-state index contributed by atoms with van der Waals surface area (Å²) in [7, 11) is 0. The summed E-state index contributed by atoms with van der Waals surface area (Å²) >= 11 is 1.30. The summed E-state index contributed by atoms with van der Waals surface area (Å²) in [5, 5.41) is 2.75. The molecule has 0 unspecified atom stereocenters. The van der Waals surface area contributed by atoms with Gasteiger partial charge in [-0.05, 0) is 29.3 Å². The van der Waals surface area contributed by atoms with Crippen LogP contribution in [0.25, 0.3) is 0 Å². The van der Waals surface area contributed by atoms with E-state index in [4.69, 9.17) is 5.73 Å². The Kier molecular flexibility index (Phi) is 7.69. The number of rotatable bonds is 5. The first-order chi connectivity index (χ1) is 15.6. The zero-order valence-electron chi connectivity index (χ0n) is 17.4. The Balaban J connectivity index is 0.00000324. The summed E-state index contributed by atoms with van der Waals surface area (Å²) in [5.74, 6) is -0.413. The van der Waals surface area contributed by atoms with Gasteiger partial charge < -0.3 is 15.6 Å². The average Bonchev–Trinajstić information content (AvgIpc) is 3.16. The predicted molar refractivity (Wildman–Crippen MR) is 122 cm³/mol. The Hall–Kier alpha value is -2.89. The molecule has 0 bridgehead atoms. The molecule has 3 aromatic rings. The summed E-state index contributed by atoms with van der Waals surface area (Å²) in [5.41, 5.74) is 6.24. The van der Waals surface area contributed by atoms with Crippen LogP contribution in [-0.4, -0.2) is 21.2 Å². The standard InChI is InChI=1S/C22H18F4N4O2S.ClH/c23-14-4-1-12(2-5-14)7-29-20(31)15-10-30(21(32)18-16(27)11-33-19(15)18)9-13-3-6-17(28-8-13)22(24,25)26;/h1-6,8,10,16H,7,9,11,27H2,(H,29,31);1H/t16-;/m0./s1. The number of hydrogen-bond donors (Lipinski definition) is 2. The summed E-state index contributed by atoms with van der Waals surface area (Å²) in [4.78, 5) is 29.8. The van der Waals surface area contributed by atoms with Crippen LogP contribution < -0.4 is 16.6 Å². The Morgan fingerprint density at radius 3 is 2.47 bits per heavy atom. The Labute approximate surface area is 202 Å². The number of carbonyl (C=O) groups excluding carboxylic acids is 1. The van der Waals surface area contributed by atoms with Gasteiger partial charge in [0.05, 0.1) is 12.1 Å². The number of nitrogens with one attached hydrogen (secondary N) is 1. The lowest BCUT2D eigenvalue weighted by Gasteiger charge is -2.15. The molecule has 3 heterocycles. The highest BCUT2D eigenvalue weighted by Gasteiger charge is 2.32. The summed E-state index contributed by atoms with van der Waals surface area (Å²) in [6, 6.07) is 7.16. The highest BCUT2D eigenvalue weighted by molar-refractivity contribution is 7.99. The zero-order valence-corrected chi connectivity index (χ0v) is 19.1. The van der Waals surface area contributed by atoms with E-state index in [0.29, 0.717) is 27.3 Å². The minimum atomic E-state index is -4.57. The first-order valence-corrected chi connectivity index (χ1v) is 10.8. The number of halogens is 5. The van der Waals surface area contributed by atoms with E-state index < -0.39 is 35.2 Å². The van der Waals surface area contributed by atoms with Gasteiger partial charge in [-0.1, -0.05) is 18.2 Å². The number of nitrogens with zero attached hydrogens (tertiary/aromatic N) is 2. The molecule has 1 aromatic carbocycles. The van der Waals surface area contributed by atoms with Crippen LogP contribution in [0.1, 0.15) is 38.8 Å². The number of alkyl halides is 3. The van der Waals surface area contributed by atoms with Crippen LogP contribution in [0.15, 0.2) is 58.5 Å². The van der Waals surface area contributed by atoms with Crippen LogP contribution >= 0.6 is 24.2 Å². The molecular formula is C22H19ClF4N4O2S. The number of carbonyl (C=O) groups is 1. The SMILES string of the molecule is Cl.N[C@H]1CSc2c(C(=O)NCc3ccc(F)cc3)cn(Cc3ccc(C(F)(F)F)nc3)c(=O)c21. The van der Waals surface area contributed by atoms with Gasteiger partial charge in [-0.3, -0.25) is 14.6 Å². The molecule has 2 aromatic heterocycles. The summed E-state index contributed by atoms with van der Waals surface area (Å²) in [6.07, 6.45) is -2.14. The Bertz CT molecular complexity index is 1250. The smallest absolute Gasteiger partial charge is 0.348 e. The van der Waals surface area contributed by atoms with Gasteiger partial charge in [-0.2, -0.15) is 13.2 Å². The number of fused-ring (bicyclic) bond motifs is 1. The molecule has 0 saturated carbocycles. The molecule has 0 fully saturated rings. The van der Waals surface area contributed by atoms with E-state index in [1.54, 1.807) is 12.1 Å². The number of benzene rings is 1. The van der Waals surface area contributed by atoms with Gasteiger partial charge in [-0.15, -0.1) is 24.2 Å². The van der Waals surface area contributed by atoms with Crippen LogP contribution in [0, 0.1) is 5.82 Å². The fraction of sp³-hybridized carbons (Fsp3) is 0.227. The molecule has 0 aliphatic carbocycles. The van der Waals surface area contributed by atoms with E-state index in [9.17, 15) is 27.2 Å². The number of hydrogen-bond acceptors (Lipinski definition) is 5. The van der Waals surface area contributed by atoms with E-state index >= 15 is 0 Å². The second-order valence-corrected chi connectivity index (χ2v) is 8.52. The third-order valence-electron chi connectivity index (χ3n) is 5.12. The fourth-order valence-electron chi connectivity index (χ4n) is 3.45. The van der Waals surface area contributed by atoms with Crippen molar-refractivity contribution >= 4 is 30.1 Å². The second kappa shape index (κ2) is 10.2. The minimum Gasteiger partial charge on any atom is -0.348 e. The van der Waals surface area contributed by atoms with Crippen LogP contribution in [-0.2, 0) is 19.3 Å². The van der Waals surface area contributed by atoms with Crippen molar-refractivity contribution in [3.8, 4) is 0 Å². The van der Waals surface area contributed by atoms with Gasteiger partial charge in [0.25, 0.3) is 11.5 Å². The maximum absolute atomic E-state index is 13.1. The van der Waals surface area contributed by atoms with Gasteiger partial charge >= 0.3 is 6.18 Å². The molecule has 1 amide bonds. The van der Waals surface area contributed by atoms with Gasteiger partial charge in [-0.25, -0.2) is 4.39 Å². The van der Waals surface area contributed by atoms with Gasteiger partial charge in [0.2, 0.25) is 0 Å². The fourth-order valence-corrected chi connectivity index (χ4v) is 4.66. The molecular weight excluding hydrogens is 496 g/mol. The second-order valence-electron chi connectivity index (χ2n) is 7.49. The predicted octanol–water partition coefficient (Wildman–Crippen LogP) is 3.91. The third-order valence-corrected chi connectivity index (χ3v) is 6.38. The monoisotopic (exact) mass is 514 g/mol. The van der Waals surface area contributed by atoms with Crippen molar-refractivity contribution in [1.82, 2.24) is 14.9 Å². The van der Waals surface area contributed by atoms with Crippen molar-refractivity contribution in [3.63, 3.8) is 0 Å². The lowest BCUT2D eigenvalue weighted by Crippen LogP contribution is -2.31. The number of thioether (sulfide) groups is 1. The lowest BCUT2D eigenvalue weighted by molar-refractivity contribution is -0.141. The van der Waals surface area contributed by atoms with Crippen molar-refractivity contribution < 1.29 is 22.4 Å². The molecule has 4 rings (SSSR count). The van der Waals surface area contributed by atoms with Crippen LogP contribution in [0.3, 0.4) is 0 Å². The minimum absolute atomic E-state index is 0. The van der Waals surface area contributed by atoms with Crippen LogP contribution in [0.5, 0.6) is 0 Å². The Morgan fingerprint density at radius 1 is 1.18 bits per heavy atom. The van der Waals surface area contributed by atoms with Crippen molar-refractivity contribution in [2.75, 3.05) is 5.75 Å². The molecule has 1 aliphatic heterocycles. The van der Waals surface area contributed by atoms with E-state index in [1.165, 1.54) is 40.7 Å². The van der Waals surface area contributed by atoms with Crippen molar-refractivity contribution in [2.24, 2.45) is 5.73 Å². The molecule has 180 valence electrons. The van der Waals surface area contributed by atoms with Gasteiger partial charge in [0, 0.05) is 41.2 Å². The van der Waals surface area contributed by atoms with Crippen molar-refractivity contribution in [3.05, 3.63) is 92.9 Å². The van der Waals surface area contributed by atoms with Gasteiger partial charge in [0.15, 0.2) is 0 Å². The normalized spacial score (nSPS) is 14.9. The maximum atomic E-state index is 13.1. The lowest BCUT2D eigenvalue weighted by atomic mass is 10.1. The highest BCUT2D eigenvalue weighted by atomic mass is 35.5. The first kappa shape index (κ1) is 25.7. The summed E-state index contributed by atoms with van der Waals surface area (Å²) < 4.78 is 52.6. The molecule has 1 aliphatic rings. The van der Waals surface area contributed by atoms with E-state index in [-0.39, 0.29) is 31.1 Å². The molecule has 12 heteroatoms. The Morgan fingerprint density at radius 2 is 1.85 bits per heavy atom. The van der Waals surface area contributed by atoms with Crippen molar-refractivity contribution in [2.45, 2.75) is 30.2 Å². The number of pyridine rings is 2. The highest BCUT2D eigenvalue weighted by Crippen LogP contribution is 2.37. The van der Waals surface area contributed by atoms with Crippen LogP contribution in [0.4, 0.5) is 17.6 Å². The molecule has 1 atom stereocenters. The number of nitrogens with two attached hydrogens (primary N) is 1. The summed E-state index contributed by atoms with van der Waals surface area (Å²) in [6.45, 7) is 0.0689. The quantitative estimate of drug-likeness (QED) is 0.504. The molecule has 6 nitrogen and oxygen atoms in total. The van der Waals surface area contributed by atoms with Gasteiger partial charge in [0.1, 0.15) is 11.5 Å². The molecule has 0 radical (unpaired) electrons. The van der Waals surface area contributed by atoms with E-state index in [2.05, 4.69) is 10.3 Å². The number of amides is 1. The zero-order chi connectivity index (χ0) is 23.8. The van der Waals surface area contributed by atoms with Crippen LogP contribution in [0.2, 0.25) is 0 Å². The molecule has 0 saturated heterocycles. The molecule has 34 heavy (non-hydrogen) atoms. The molecule has 0 spiro atoms. The largest absolute Gasteiger partial charge is 0.433 e. The van der Waals surface area contributed by atoms with E-state index in [0.717, 1.165) is 12.3 Å². The first-order valence-electron chi connectivity index (χ1n) is 9.84. The third kappa shape index (κ3) is 5.43. The topological polar surface area (TPSA) is 90.0 Å². The maximum Gasteiger partial charge on any atom is 0.433 e. The van der Waals surface area contributed by atoms with E-state index in [1.807, 2.05) is 0 Å². The average molecular weight is 515 g/mol. The number of aromatic nitrogens is 2. The van der Waals surface area contributed by atoms with Crippen molar-refractivity contribution in [1.29, 1.82) is 0 Å².